The van der Waals surface area contributed by atoms with E-state index in [1.807, 2.05) is 54.7 Å². The molecule has 2 heterocycles. The lowest BCUT2D eigenvalue weighted by Crippen LogP contribution is -2.24. The fourth-order valence-electron chi connectivity index (χ4n) is 3.45. The molecule has 1 N–H and O–H groups in total. The summed E-state index contributed by atoms with van der Waals surface area (Å²) in [5, 5.41) is 7.47. The number of hydrogen-bond donors (Lipinski definition) is 1. The zero-order chi connectivity index (χ0) is 18.1. The number of anilines is 1. The van der Waals surface area contributed by atoms with Gasteiger partial charge in [0.05, 0.1) is 26.1 Å². The van der Waals surface area contributed by atoms with Gasteiger partial charge in [0.1, 0.15) is 5.82 Å². The van der Waals surface area contributed by atoms with Gasteiger partial charge in [-0.2, -0.15) is 5.10 Å². The summed E-state index contributed by atoms with van der Waals surface area (Å²) in [4.78, 5) is 12.4. The smallest absolute Gasteiger partial charge is 0.226 e. The summed E-state index contributed by atoms with van der Waals surface area (Å²) in [6, 6.07) is 15.5. The predicted octanol–water partition coefficient (Wildman–Crippen LogP) is 3.36. The van der Waals surface area contributed by atoms with Gasteiger partial charge >= 0.3 is 0 Å². The summed E-state index contributed by atoms with van der Waals surface area (Å²) >= 11 is 0. The Bertz CT molecular complexity index is 950. The predicted molar refractivity (Wildman–Crippen MR) is 98.2 cm³/mol. The molecule has 0 bridgehead atoms. The molecule has 132 valence electrons. The van der Waals surface area contributed by atoms with Crippen LogP contribution in [-0.4, -0.2) is 29.9 Å². The molecule has 1 amide bonds. The van der Waals surface area contributed by atoms with Gasteiger partial charge in [0.25, 0.3) is 0 Å². The molecule has 6 heteroatoms. The second kappa shape index (κ2) is 6.55. The SMILES string of the molecule is COc1cccc([C@H]2CC(=O)Nc3c2cnn3-c2ccccc2)c1OC. The Labute approximate surface area is 151 Å². The second-order valence-electron chi connectivity index (χ2n) is 6.08. The Morgan fingerprint density at radius 2 is 1.85 bits per heavy atom. The number of nitrogens with one attached hydrogen (secondary N) is 1. The number of nitrogens with zero attached hydrogens (tertiary/aromatic N) is 2. The Morgan fingerprint density at radius 3 is 2.58 bits per heavy atom. The standard InChI is InChI=1S/C20H19N3O3/c1-25-17-10-6-9-14(19(17)26-2)15-11-18(24)22-20-16(15)12-21-23(20)13-7-4-3-5-8-13/h3-10,12,15H,11H2,1-2H3,(H,22,24)/t15-/m1/s1. The number of ether oxygens (including phenoxy) is 2. The molecule has 3 aromatic rings. The number of benzene rings is 2. The zero-order valence-electron chi connectivity index (χ0n) is 14.6. The van der Waals surface area contributed by atoms with E-state index in [4.69, 9.17) is 9.47 Å². The van der Waals surface area contributed by atoms with E-state index >= 15 is 0 Å². The summed E-state index contributed by atoms with van der Waals surface area (Å²) < 4.78 is 12.7. The molecule has 0 spiro atoms. The van der Waals surface area contributed by atoms with E-state index in [1.54, 1.807) is 18.9 Å². The van der Waals surface area contributed by atoms with E-state index in [2.05, 4.69) is 10.4 Å². The van der Waals surface area contributed by atoms with Crippen LogP contribution in [0.25, 0.3) is 5.69 Å². The molecule has 2 aromatic carbocycles. The van der Waals surface area contributed by atoms with Crippen LogP contribution in [0.1, 0.15) is 23.5 Å². The number of carbonyl (C=O) groups excluding carboxylic acids is 1. The average Bonchev–Trinajstić information content (AvgIpc) is 3.11. The third-order valence-corrected chi connectivity index (χ3v) is 4.63. The highest BCUT2D eigenvalue weighted by molar-refractivity contribution is 5.94. The molecule has 4 rings (SSSR count). The molecule has 0 saturated carbocycles. The third kappa shape index (κ3) is 2.60. The van der Waals surface area contributed by atoms with Gasteiger partial charge in [0.2, 0.25) is 5.91 Å². The lowest BCUT2D eigenvalue weighted by molar-refractivity contribution is -0.116. The van der Waals surface area contributed by atoms with Crippen LogP contribution in [0.3, 0.4) is 0 Å². The summed E-state index contributed by atoms with van der Waals surface area (Å²) in [5.74, 6) is 1.79. The Kier molecular flexibility index (Phi) is 4.08. The van der Waals surface area contributed by atoms with Gasteiger partial charge < -0.3 is 14.8 Å². The molecule has 1 aromatic heterocycles. The monoisotopic (exact) mass is 349 g/mol. The van der Waals surface area contributed by atoms with Crippen LogP contribution in [0.5, 0.6) is 11.5 Å². The highest BCUT2D eigenvalue weighted by Crippen LogP contribution is 2.44. The summed E-state index contributed by atoms with van der Waals surface area (Å²) in [7, 11) is 3.21. The van der Waals surface area contributed by atoms with Crippen LogP contribution in [0.15, 0.2) is 54.7 Å². The first-order chi connectivity index (χ1) is 12.7. The molecular weight excluding hydrogens is 330 g/mol. The lowest BCUT2D eigenvalue weighted by atomic mass is 9.86. The Morgan fingerprint density at radius 1 is 1.04 bits per heavy atom. The van der Waals surface area contributed by atoms with Crippen molar-refractivity contribution in [1.82, 2.24) is 9.78 Å². The van der Waals surface area contributed by atoms with Crippen molar-refractivity contribution >= 4 is 11.7 Å². The van der Waals surface area contributed by atoms with Crippen LogP contribution in [0.2, 0.25) is 0 Å². The molecule has 1 aliphatic rings. The minimum absolute atomic E-state index is 0.0509. The number of para-hydroxylation sites is 2. The van der Waals surface area contributed by atoms with Crippen LogP contribution < -0.4 is 14.8 Å². The molecule has 1 atom stereocenters. The molecule has 26 heavy (non-hydrogen) atoms. The lowest BCUT2D eigenvalue weighted by Gasteiger charge is -2.25. The summed E-state index contributed by atoms with van der Waals surface area (Å²) in [6.45, 7) is 0. The van der Waals surface area contributed by atoms with Crippen molar-refractivity contribution < 1.29 is 14.3 Å². The van der Waals surface area contributed by atoms with Crippen LogP contribution >= 0.6 is 0 Å². The van der Waals surface area contributed by atoms with Crippen molar-refractivity contribution in [3.8, 4) is 17.2 Å². The van der Waals surface area contributed by atoms with Gasteiger partial charge in [-0.1, -0.05) is 30.3 Å². The van der Waals surface area contributed by atoms with Gasteiger partial charge in [0.15, 0.2) is 11.5 Å². The zero-order valence-corrected chi connectivity index (χ0v) is 14.6. The number of carbonyl (C=O) groups is 1. The first kappa shape index (κ1) is 16.2. The number of methoxy groups -OCH3 is 2. The number of fused-ring (bicyclic) bond motifs is 1. The van der Waals surface area contributed by atoms with Crippen molar-refractivity contribution in [3.05, 3.63) is 65.9 Å². The first-order valence-corrected chi connectivity index (χ1v) is 8.37. The second-order valence-corrected chi connectivity index (χ2v) is 6.08. The molecule has 0 aliphatic carbocycles. The largest absolute Gasteiger partial charge is 0.493 e. The Hall–Kier alpha value is -3.28. The highest BCUT2D eigenvalue weighted by Gasteiger charge is 2.32. The fraction of sp³-hybridized carbons (Fsp3) is 0.200. The van der Waals surface area contributed by atoms with Crippen molar-refractivity contribution in [2.24, 2.45) is 0 Å². The van der Waals surface area contributed by atoms with E-state index in [9.17, 15) is 4.79 Å². The van der Waals surface area contributed by atoms with Crippen molar-refractivity contribution in [3.63, 3.8) is 0 Å². The normalized spacial score (nSPS) is 15.9. The molecule has 6 nitrogen and oxygen atoms in total. The number of rotatable bonds is 4. The van der Waals surface area contributed by atoms with Crippen molar-refractivity contribution in [2.75, 3.05) is 19.5 Å². The molecule has 0 radical (unpaired) electrons. The third-order valence-electron chi connectivity index (χ3n) is 4.63. The van der Waals surface area contributed by atoms with Crippen LogP contribution in [0, 0.1) is 0 Å². The molecule has 0 fully saturated rings. The average molecular weight is 349 g/mol. The summed E-state index contributed by atoms with van der Waals surface area (Å²) in [6.07, 6.45) is 2.14. The first-order valence-electron chi connectivity index (χ1n) is 8.37. The number of amides is 1. The van der Waals surface area contributed by atoms with E-state index in [0.29, 0.717) is 23.7 Å². The molecule has 1 aliphatic heterocycles. The summed E-state index contributed by atoms with van der Waals surface area (Å²) in [5.41, 5.74) is 2.77. The minimum atomic E-state index is -0.152. The molecule has 0 unspecified atom stereocenters. The Balaban J connectivity index is 1.85. The maximum Gasteiger partial charge on any atom is 0.226 e. The van der Waals surface area contributed by atoms with Crippen LogP contribution in [0.4, 0.5) is 5.82 Å². The minimum Gasteiger partial charge on any atom is -0.493 e. The van der Waals surface area contributed by atoms with Crippen LogP contribution in [-0.2, 0) is 4.79 Å². The topological polar surface area (TPSA) is 65.4 Å². The van der Waals surface area contributed by atoms with E-state index in [0.717, 1.165) is 16.8 Å². The van der Waals surface area contributed by atoms with Gasteiger partial charge in [0, 0.05) is 23.5 Å². The van der Waals surface area contributed by atoms with Gasteiger partial charge in [-0.25, -0.2) is 4.68 Å². The van der Waals surface area contributed by atoms with E-state index < -0.39 is 0 Å². The van der Waals surface area contributed by atoms with Gasteiger partial charge in [-0.15, -0.1) is 0 Å². The van der Waals surface area contributed by atoms with E-state index in [-0.39, 0.29) is 11.8 Å². The number of aromatic nitrogens is 2. The number of hydrogen-bond acceptors (Lipinski definition) is 4. The quantitative estimate of drug-likeness (QED) is 0.784. The van der Waals surface area contributed by atoms with Gasteiger partial charge in [-0.3, -0.25) is 4.79 Å². The van der Waals surface area contributed by atoms with E-state index in [1.165, 1.54) is 0 Å². The maximum absolute atomic E-state index is 12.4. The fourth-order valence-corrected chi connectivity index (χ4v) is 3.45. The molecular formula is C20H19N3O3. The van der Waals surface area contributed by atoms with Gasteiger partial charge in [-0.05, 0) is 18.2 Å². The highest BCUT2D eigenvalue weighted by atomic mass is 16.5. The van der Waals surface area contributed by atoms with Crippen molar-refractivity contribution in [2.45, 2.75) is 12.3 Å². The molecule has 0 saturated heterocycles. The maximum atomic E-state index is 12.4. The van der Waals surface area contributed by atoms with Crippen molar-refractivity contribution in [1.29, 1.82) is 0 Å².